The van der Waals surface area contributed by atoms with Crippen LogP contribution in [0.1, 0.15) is 12.8 Å². The molecule has 1 amide bonds. The fourth-order valence-corrected chi connectivity index (χ4v) is 0.406. The summed E-state index contributed by atoms with van der Waals surface area (Å²) in [6, 6.07) is 0. The number of carbonyl (C=O) groups excluding carboxylic acids is 2. The Kier molecular flexibility index (Phi) is 3.67. The van der Waals surface area contributed by atoms with Crippen LogP contribution in [0.15, 0.2) is 0 Å². The van der Waals surface area contributed by atoms with Crippen molar-refractivity contribution in [2.45, 2.75) is 12.8 Å². The van der Waals surface area contributed by atoms with Crippen molar-refractivity contribution in [3.05, 3.63) is 0 Å². The van der Waals surface area contributed by atoms with Gasteiger partial charge in [-0.25, -0.2) is 0 Å². The van der Waals surface area contributed by atoms with Gasteiger partial charge in [-0.1, -0.05) is 0 Å². The van der Waals surface area contributed by atoms with Crippen LogP contribution in [0.3, 0.4) is 0 Å². The van der Waals surface area contributed by atoms with Crippen LogP contribution in [-0.2, 0) is 9.59 Å². The van der Waals surface area contributed by atoms with E-state index in [1.165, 1.54) is 4.90 Å². The van der Waals surface area contributed by atoms with E-state index >= 15 is 0 Å². The molecular formula is C6H11NO2. The highest BCUT2D eigenvalue weighted by Gasteiger charge is 2.00. The van der Waals surface area contributed by atoms with Crippen LogP contribution in [0, 0.1) is 0 Å². The van der Waals surface area contributed by atoms with Gasteiger partial charge in [0, 0.05) is 26.9 Å². The third-order valence-electron chi connectivity index (χ3n) is 0.975. The lowest BCUT2D eigenvalue weighted by molar-refractivity contribution is -0.129. The molecule has 0 atom stereocenters. The molecule has 0 N–H and O–H groups in total. The Bertz CT molecular complexity index is 110. The average molecular weight is 129 g/mol. The maximum atomic E-state index is 10.7. The predicted octanol–water partition coefficient (Wildman–Crippen LogP) is 0.0537. The fraction of sp³-hybridized carbons (Fsp3) is 0.667. The molecule has 3 heteroatoms. The number of hydrogen-bond acceptors (Lipinski definition) is 2. The molecule has 0 aliphatic carbocycles. The Hall–Kier alpha value is -0.860. The van der Waals surface area contributed by atoms with Crippen molar-refractivity contribution in [2.75, 3.05) is 14.1 Å². The molecule has 0 aromatic rings. The molecule has 0 aliphatic rings. The molecule has 0 spiro atoms. The zero-order valence-corrected chi connectivity index (χ0v) is 5.76. The van der Waals surface area contributed by atoms with Gasteiger partial charge in [0.1, 0.15) is 6.29 Å². The molecule has 3 nitrogen and oxygen atoms in total. The van der Waals surface area contributed by atoms with Crippen molar-refractivity contribution in [1.82, 2.24) is 4.90 Å². The molecule has 0 aromatic heterocycles. The second-order valence-corrected chi connectivity index (χ2v) is 1.99. The van der Waals surface area contributed by atoms with Crippen molar-refractivity contribution in [2.24, 2.45) is 0 Å². The van der Waals surface area contributed by atoms with Gasteiger partial charge >= 0.3 is 0 Å². The summed E-state index contributed by atoms with van der Waals surface area (Å²) in [7, 11) is 3.35. The van der Waals surface area contributed by atoms with E-state index in [1.54, 1.807) is 14.1 Å². The summed E-state index contributed by atoms with van der Waals surface area (Å²) in [5, 5.41) is 0. The predicted molar refractivity (Wildman–Crippen MR) is 34.0 cm³/mol. The lowest BCUT2D eigenvalue weighted by Gasteiger charge is -2.07. The zero-order valence-electron chi connectivity index (χ0n) is 5.76. The van der Waals surface area contributed by atoms with Crippen LogP contribution in [0.2, 0.25) is 0 Å². The maximum absolute atomic E-state index is 10.7. The molecule has 0 saturated carbocycles. The summed E-state index contributed by atoms with van der Waals surface area (Å²) in [4.78, 5) is 21.9. The molecule has 0 saturated heterocycles. The topological polar surface area (TPSA) is 37.4 Å². The molecular weight excluding hydrogens is 118 g/mol. The van der Waals surface area contributed by atoms with Crippen LogP contribution in [-0.4, -0.2) is 31.2 Å². The van der Waals surface area contributed by atoms with Crippen molar-refractivity contribution in [3.63, 3.8) is 0 Å². The monoisotopic (exact) mass is 129 g/mol. The minimum absolute atomic E-state index is 0.00194. The largest absolute Gasteiger partial charge is 0.349 e. The maximum Gasteiger partial charge on any atom is 0.222 e. The lowest BCUT2D eigenvalue weighted by Crippen LogP contribution is -2.21. The van der Waals surface area contributed by atoms with Crippen LogP contribution in [0.25, 0.3) is 0 Å². The summed E-state index contributed by atoms with van der Waals surface area (Å²) in [5.74, 6) is 0.00194. The van der Waals surface area contributed by atoms with Crippen molar-refractivity contribution in [3.8, 4) is 0 Å². The summed E-state index contributed by atoms with van der Waals surface area (Å²) >= 11 is 0. The molecule has 0 aliphatic heterocycles. The Morgan fingerprint density at radius 3 is 2.44 bits per heavy atom. The van der Waals surface area contributed by atoms with E-state index in [2.05, 4.69) is 0 Å². The van der Waals surface area contributed by atoms with Gasteiger partial charge in [-0.3, -0.25) is 4.79 Å². The highest BCUT2D eigenvalue weighted by molar-refractivity contribution is 5.77. The van der Waals surface area contributed by atoms with Crippen LogP contribution < -0.4 is 0 Å². The van der Waals surface area contributed by atoms with Gasteiger partial charge in [0.2, 0.25) is 5.91 Å². The van der Waals surface area contributed by atoms with Crippen molar-refractivity contribution < 1.29 is 9.59 Å². The van der Waals surface area contributed by atoms with Gasteiger partial charge in [0.25, 0.3) is 0 Å². The standard InChI is InChI=1S/C6H11NO2/c1-7(2)6(9)4-3-5-8/h5H,3-4H2,1-2H3. The fourth-order valence-electron chi connectivity index (χ4n) is 0.406. The first-order chi connectivity index (χ1) is 4.18. The zero-order chi connectivity index (χ0) is 7.28. The molecule has 0 heterocycles. The van der Waals surface area contributed by atoms with Gasteiger partial charge < -0.3 is 9.69 Å². The minimum atomic E-state index is 0.00194. The molecule has 0 radical (unpaired) electrons. The summed E-state index contributed by atoms with van der Waals surface area (Å²) in [5.41, 5.74) is 0. The Morgan fingerprint density at radius 2 is 2.11 bits per heavy atom. The first-order valence-electron chi connectivity index (χ1n) is 2.82. The van der Waals surface area contributed by atoms with Crippen LogP contribution >= 0.6 is 0 Å². The van der Waals surface area contributed by atoms with E-state index in [1.807, 2.05) is 0 Å². The first-order valence-corrected chi connectivity index (χ1v) is 2.82. The number of carbonyl (C=O) groups is 2. The summed E-state index contributed by atoms with van der Waals surface area (Å²) < 4.78 is 0. The van der Waals surface area contributed by atoms with E-state index in [-0.39, 0.29) is 5.91 Å². The minimum Gasteiger partial charge on any atom is -0.349 e. The molecule has 0 rings (SSSR count). The Labute approximate surface area is 54.6 Å². The third-order valence-corrected chi connectivity index (χ3v) is 0.975. The van der Waals surface area contributed by atoms with Crippen molar-refractivity contribution >= 4 is 12.2 Å². The van der Waals surface area contributed by atoms with Crippen LogP contribution in [0.4, 0.5) is 0 Å². The quantitative estimate of drug-likeness (QED) is 0.505. The normalized spacial score (nSPS) is 8.67. The van der Waals surface area contributed by atoms with E-state index in [0.717, 1.165) is 6.29 Å². The lowest BCUT2D eigenvalue weighted by atomic mass is 10.3. The number of amides is 1. The molecule has 0 bridgehead atoms. The summed E-state index contributed by atoms with van der Waals surface area (Å²) in [6.07, 6.45) is 1.41. The summed E-state index contributed by atoms with van der Waals surface area (Å²) in [6.45, 7) is 0. The van der Waals surface area contributed by atoms with Gasteiger partial charge in [-0.05, 0) is 0 Å². The molecule has 9 heavy (non-hydrogen) atoms. The van der Waals surface area contributed by atoms with E-state index in [4.69, 9.17) is 0 Å². The smallest absolute Gasteiger partial charge is 0.222 e. The molecule has 0 aromatic carbocycles. The molecule has 52 valence electrons. The molecule has 0 unspecified atom stereocenters. The van der Waals surface area contributed by atoms with Crippen molar-refractivity contribution in [1.29, 1.82) is 0 Å². The second-order valence-electron chi connectivity index (χ2n) is 1.99. The highest BCUT2D eigenvalue weighted by Crippen LogP contribution is 1.88. The number of nitrogens with zero attached hydrogens (tertiary/aromatic N) is 1. The molecule has 0 fully saturated rings. The average Bonchev–Trinajstić information content (AvgIpc) is 1.82. The van der Waals surface area contributed by atoms with E-state index in [9.17, 15) is 9.59 Å². The van der Waals surface area contributed by atoms with Gasteiger partial charge in [0.15, 0.2) is 0 Å². The number of hydrogen-bond donors (Lipinski definition) is 0. The first kappa shape index (κ1) is 8.14. The van der Waals surface area contributed by atoms with Gasteiger partial charge in [-0.15, -0.1) is 0 Å². The highest BCUT2D eigenvalue weighted by atomic mass is 16.2. The van der Waals surface area contributed by atoms with Crippen LogP contribution in [0.5, 0.6) is 0 Å². The SMILES string of the molecule is CN(C)C(=O)CCC=O. The van der Waals surface area contributed by atoms with Gasteiger partial charge in [0.05, 0.1) is 0 Å². The number of rotatable bonds is 3. The van der Waals surface area contributed by atoms with Gasteiger partial charge in [-0.2, -0.15) is 0 Å². The second kappa shape index (κ2) is 4.06. The van der Waals surface area contributed by atoms with E-state index < -0.39 is 0 Å². The number of aldehydes is 1. The van der Waals surface area contributed by atoms with E-state index in [0.29, 0.717) is 12.8 Å². The Morgan fingerprint density at radius 1 is 1.56 bits per heavy atom. The third kappa shape index (κ3) is 3.70. The Balaban J connectivity index is 3.38.